The first kappa shape index (κ1) is 21.2. The highest BCUT2D eigenvalue weighted by molar-refractivity contribution is 5.78. The predicted molar refractivity (Wildman–Crippen MR) is 113 cm³/mol. The summed E-state index contributed by atoms with van der Waals surface area (Å²) in [6.45, 7) is 4.67. The molecule has 0 spiro atoms. The highest BCUT2D eigenvalue weighted by atomic mass is 16.5. The van der Waals surface area contributed by atoms with Crippen LogP contribution in [0.4, 0.5) is 0 Å². The van der Waals surface area contributed by atoms with Crippen LogP contribution in [0.3, 0.4) is 0 Å². The molecule has 1 saturated heterocycles. The minimum absolute atomic E-state index is 0.00514. The summed E-state index contributed by atoms with van der Waals surface area (Å²) in [7, 11) is 7.41. The SMILES string of the molecule is COc1ccc(CC(=O)NCC(c2cccn2C)N2CCN(C)CC2)cc1OC. The van der Waals surface area contributed by atoms with Crippen molar-refractivity contribution in [2.24, 2.45) is 7.05 Å². The van der Waals surface area contributed by atoms with Gasteiger partial charge in [0.05, 0.1) is 26.7 Å². The van der Waals surface area contributed by atoms with Crippen molar-refractivity contribution in [1.82, 2.24) is 19.7 Å². The molecule has 1 amide bonds. The molecular weight excluding hydrogens is 368 g/mol. The second-order valence-electron chi connectivity index (χ2n) is 7.57. The monoisotopic (exact) mass is 400 g/mol. The van der Waals surface area contributed by atoms with Crippen LogP contribution >= 0.6 is 0 Å². The van der Waals surface area contributed by atoms with Crippen molar-refractivity contribution in [3.8, 4) is 11.5 Å². The van der Waals surface area contributed by atoms with Gasteiger partial charge in [0, 0.05) is 51.7 Å². The predicted octanol–water partition coefficient (Wildman–Crippen LogP) is 1.69. The Kier molecular flexibility index (Phi) is 7.17. The number of benzene rings is 1. The van der Waals surface area contributed by atoms with Crippen molar-refractivity contribution >= 4 is 5.91 Å². The van der Waals surface area contributed by atoms with Gasteiger partial charge in [-0.25, -0.2) is 0 Å². The number of hydrogen-bond acceptors (Lipinski definition) is 5. The molecule has 3 rings (SSSR count). The summed E-state index contributed by atoms with van der Waals surface area (Å²) in [5.41, 5.74) is 2.12. The van der Waals surface area contributed by atoms with Crippen LogP contribution in [0.25, 0.3) is 0 Å². The fourth-order valence-electron chi connectivity index (χ4n) is 3.82. The average Bonchev–Trinajstić information content (AvgIpc) is 3.15. The Morgan fingerprint density at radius 3 is 2.41 bits per heavy atom. The van der Waals surface area contributed by atoms with Crippen LogP contribution in [-0.2, 0) is 18.3 Å². The van der Waals surface area contributed by atoms with Crippen molar-refractivity contribution in [3.63, 3.8) is 0 Å². The maximum atomic E-state index is 12.6. The van der Waals surface area contributed by atoms with Gasteiger partial charge in [-0.15, -0.1) is 0 Å². The number of ether oxygens (including phenoxy) is 2. The lowest BCUT2D eigenvalue weighted by Gasteiger charge is -2.38. The molecule has 1 fully saturated rings. The van der Waals surface area contributed by atoms with E-state index in [0.29, 0.717) is 24.5 Å². The second kappa shape index (κ2) is 9.80. The molecular formula is C22H32N4O3. The Morgan fingerprint density at radius 2 is 1.79 bits per heavy atom. The zero-order valence-corrected chi connectivity index (χ0v) is 17.9. The molecule has 0 aliphatic carbocycles. The maximum Gasteiger partial charge on any atom is 0.224 e. The van der Waals surface area contributed by atoms with Crippen LogP contribution in [0, 0.1) is 0 Å². The Balaban J connectivity index is 1.64. The smallest absolute Gasteiger partial charge is 0.224 e. The normalized spacial score (nSPS) is 16.4. The Labute approximate surface area is 173 Å². The fraction of sp³-hybridized carbons (Fsp3) is 0.500. The van der Waals surface area contributed by atoms with E-state index in [1.807, 2.05) is 18.2 Å². The molecule has 7 heteroatoms. The number of rotatable bonds is 8. The van der Waals surface area contributed by atoms with Crippen molar-refractivity contribution < 1.29 is 14.3 Å². The molecule has 1 atom stereocenters. The topological polar surface area (TPSA) is 59.0 Å². The number of nitrogens with one attached hydrogen (secondary N) is 1. The first-order valence-electron chi connectivity index (χ1n) is 10.0. The van der Waals surface area contributed by atoms with E-state index in [0.717, 1.165) is 31.7 Å². The zero-order valence-electron chi connectivity index (χ0n) is 17.9. The third-order valence-electron chi connectivity index (χ3n) is 5.61. The molecule has 1 unspecified atom stereocenters. The number of carbonyl (C=O) groups is 1. The quantitative estimate of drug-likeness (QED) is 0.731. The lowest BCUT2D eigenvalue weighted by Crippen LogP contribution is -2.49. The van der Waals surface area contributed by atoms with E-state index < -0.39 is 0 Å². The number of nitrogens with zero attached hydrogens (tertiary/aromatic N) is 3. The molecule has 0 radical (unpaired) electrons. The second-order valence-corrected chi connectivity index (χ2v) is 7.57. The van der Waals surface area contributed by atoms with E-state index in [4.69, 9.17) is 9.47 Å². The number of aryl methyl sites for hydroxylation is 1. The summed E-state index contributed by atoms with van der Waals surface area (Å²) in [4.78, 5) is 17.4. The van der Waals surface area contributed by atoms with Crippen molar-refractivity contribution in [2.45, 2.75) is 12.5 Å². The number of piperazine rings is 1. The Hall–Kier alpha value is -2.51. The molecule has 1 aliphatic rings. The van der Waals surface area contributed by atoms with Crippen molar-refractivity contribution in [2.75, 3.05) is 54.0 Å². The standard InChI is InChI=1S/C22H32N4O3/c1-24-10-12-26(13-11-24)19(18-6-5-9-25(18)2)16-23-22(27)15-17-7-8-20(28-3)21(14-17)29-4/h5-9,14,19H,10-13,15-16H2,1-4H3,(H,23,27). The molecule has 1 aliphatic heterocycles. The molecule has 1 aromatic carbocycles. The van der Waals surface area contributed by atoms with Gasteiger partial charge in [-0.1, -0.05) is 6.07 Å². The summed E-state index contributed by atoms with van der Waals surface area (Å²) in [5, 5.41) is 3.14. The fourth-order valence-corrected chi connectivity index (χ4v) is 3.82. The van der Waals surface area contributed by atoms with Crippen LogP contribution in [0.5, 0.6) is 11.5 Å². The van der Waals surface area contributed by atoms with Gasteiger partial charge in [0.1, 0.15) is 0 Å². The number of amides is 1. The van der Waals surface area contributed by atoms with E-state index in [1.165, 1.54) is 5.69 Å². The van der Waals surface area contributed by atoms with Crippen molar-refractivity contribution in [1.29, 1.82) is 0 Å². The van der Waals surface area contributed by atoms with E-state index in [-0.39, 0.29) is 11.9 Å². The molecule has 7 nitrogen and oxygen atoms in total. The van der Waals surface area contributed by atoms with Crippen LogP contribution in [0.1, 0.15) is 17.3 Å². The van der Waals surface area contributed by atoms with Gasteiger partial charge >= 0.3 is 0 Å². The summed E-state index contributed by atoms with van der Waals surface area (Å²) in [6, 6.07) is 9.95. The van der Waals surface area contributed by atoms with Gasteiger partial charge in [-0.05, 0) is 36.9 Å². The minimum atomic E-state index is 0.00514. The molecule has 1 N–H and O–H groups in total. The van der Waals surface area contributed by atoms with Gasteiger partial charge in [-0.2, -0.15) is 0 Å². The summed E-state index contributed by atoms with van der Waals surface area (Å²) < 4.78 is 12.7. The van der Waals surface area contributed by atoms with Crippen LogP contribution < -0.4 is 14.8 Å². The molecule has 1 aromatic heterocycles. The Bertz CT molecular complexity index is 812. The van der Waals surface area contributed by atoms with E-state index in [9.17, 15) is 4.79 Å². The van der Waals surface area contributed by atoms with Crippen LogP contribution in [-0.4, -0.2) is 74.3 Å². The lowest BCUT2D eigenvalue weighted by molar-refractivity contribution is -0.120. The molecule has 0 bridgehead atoms. The number of aromatic nitrogens is 1. The third-order valence-corrected chi connectivity index (χ3v) is 5.61. The number of hydrogen-bond donors (Lipinski definition) is 1. The first-order chi connectivity index (χ1) is 14.0. The maximum absolute atomic E-state index is 12.6. The van der Waals surface area contributed by atoms with Crippen LogP contribution in [0.2, 0.25) is 0 Å². The summed E-state index contributed by atoms with van der Waals surface area (Å²) >= 11 is 0. The largest absolute Gasteiger partial charge is 0.493 e. The number of carbonyl (C=O) groups excluding carboxylic acids is 1. The third kappa shape index (κ3) is 5.31. The molecule has 2 heterocycles. The van der Waals surface area contributed by atoms with Gasteiger partial charge in [0.15, 0.2) is 11.5 Å². The molecule has 2 aromatic rings. The van der Waals surface area contributed by atoms with Gasteiger partial charge in [0.2, 0.25) is 5.91 Å². The average molecular weight is 401 g/mol. The summed E-state index contributed by atoms with van der Waals surface area (Å²) in [5.74, 6) is 1.30. The zero-order chi connectivity index (χ0) is 20.8. The summed E-state index contributed by atoms with van der Waals surface area (Å²) in [6.07, 6.45) is 2.37. The number of methoxy groups -OCH3 is 2. The van der Waals surface area contributed by atoms with E-state index >= 15 is 0 Å². The number of likely N-dealkylation sites (N-methyl/N-ethyl adjacent to an activating group) is 1. The van der Waals surface area contributed by atoms with Gasteiger partial charge in [0.25, 0.3) is 0 Å². The Morgan fingerprint density at radius 1 is 1.07 bits per heavy atom. The molecule has 0 saturated carbocycles. The molecule has 29 heavy (non-hydrogen) atoms. The minimum Gasteiger partial charge on any atom is -0.493 e. The van der Waals surface area contributed by atoms with Crippen molar-refractivity contribution in [3.05, 3.63) is 47.8 Å². The van der Waals surface area contributed by atoms with E-state index in [2.05, 4.69) is 52.1 Å². The van der Waals surface area contributed by atoms with E-state index in [1.54, 1.807) is 14.2 Å². The molecule has 158 valence electrons. The van der Waals surface area contributed by atoms with Crippen LogP contribution in [0.15, 0.2) is 36.5 Å². The van der Waals surface area contributed by atoms with Gasteiger partial charge in [-0.3, -0.25) is 9.69 Å². The highest BCUT2D eigenvalue weighted by Crippen LogP contribution is 2.27. The highest BCUT2D eigenvalue weighted by Gasteiger charge is 2.26. The van der Waals surface area contributed by atoms with Gasteiger partial charge < -0.3 is 24.3 Å². The first-order valence-corrected chi connectivity index (χ1v) is 10.0. The lowest BCUT2D eigenvalue weighted by atomic mass is 10.1.